The van der Waals surface area contributed by atoms with E-state index in [1.807, 2.05) is 6.92 Å². The van der Waals surface area contributed by atoms with E-state index in [0.717, 1.165) is 11.3 Å². The third-order valence-electron chi connectivity index (χ3n) is 2.53. The molecule has 1 N–H and O–H groups in total. The third kappa shape index (κ3) is 1.15. The van der Waals surface area contributed by atoms with E-state index in [1.165, 1.54) is 19.3 Å². The molecule has 0 aliphatic heterocycles. The van der Waals surface area contributed by atoms with Crippen LogP contribution in [0.3, 0.4) is 0 Å². The smallest absolute Gasteiger partial charge is 0.264 e. The van der Waals surface area contributed by atoms with E-state index >= 15 is 0 Å². The number of aromatic nitrogens is 2. The van der Waals surface area contributed by atoms with Crippen LogP contribution in [0.1, 0.15) is 36.4 Å². The number of rotatable bonds is 1. The van der Waals surface area contributed by atoms with Crippen molar-refractivity contribution < 1.29 is 0 Å². The van der Waals surface area contributed by atoms with E-state index in [-0.39, 0.29) is 5.56 Å². The van der Waals surface area contributed by atoms with Gasteiger partial charge in [-0.3, -0.25) is 4.79 Å². The molecule has 0 spiro atoms. The molecule has 0 atom stereocenters. The molecule has 1 fully saturated rings. The standard InChI is InChI=1S/C9H12N2O/c1-6-5-8(12)10-11-9(6)7-3-2-4-7/h5,7H,2-4H2,1H3,(H,10,12). The summed E-state index contributed by atoms with van der Waals surface area (Å²) in [5.41, 5.74) is 2.01. The van der Waals surface area contributed by atoms with Crippen molar-refractivity contribution >= 4 is 0 Å². The lowest BCUT2D eigenvalue weighted by atomic mass is 9.81. The van der Waals surface area contributed by atoms with Crippen LogP contribution < -0.4 is 5.56 Å². The molecule has 1 heterocycles. The Kier molecular flexibility index (Phi) is 1.71. The van der Waals surface area contributed by atoms with Crippen LogP contribution in [0.4, 0.5) is 0 Å². The molecule has 0 unspecified atom stereocenters. The van der Waals surface area contributed by atoms with E-state index in [9.17, 15) is 4.79 Å². The number of hydrogen-bond donors (Lipinski definition) is 1. The zero-order valence-corrected chi connectivity index (χ0v) is 7.13. The molecule has 2 rings (SSSR count). The van der Waals surface area contributed by atoms with E-state index in [1.54, 1.807) is 6.07 Å². The van der Waals surface area contributed by atoms with Crippen LogP contribution in [0.5, 0.6) is 0 Å². The first kappa shape index (κ1) is 7.53. The Balaban J connectivity index is 2.37. The Hall–Kier alpha value is -1.12. The second-order valence-corrected chi connectivity index (χ2v) is 3.43. The Bertz CT molecular complexity index is 339. The van der Waals surface area contributed by atoms with Gasteiger partial charge in [0.2, 0.25) is 0 Å². The fraction of sp³-hybridized carbons (Fsp3) is 0.556. The fourth-order valence-corrected chi connectivity index (χ4v) is 1.60. The van der Waals surface area contributed by atoms with Crippen molar-refractivity contribution in [3.63, 3.8) is 0 Å². The maximum absolute atomic E-state index is 10.9. The second kappa shape index (κ2) is 2.73. The highest BCUT2D eigenvalue weighted by molar-refractivity contribution is 5.20. The molecule has 1 aliphatic carbocycles. The predicted octanol–water partition coefficient (Wildman–Crippen LogP) is 1.35. The van der Waals surface area contributed by atoms with Crippen molar-refractivity contribution in [2.45, 2.75) is 32.1 Å². The Labute approximate surface area is 70.8 Å². The van der Waals surface area contributed by atoms with Crippen LogP contribution >= 0.6 is 0 Å². The summed E-state index contributed by atoms with van der Waals surface area (Å²) in [6, 6.07) is 1.63. The molecule has 1 aromatic rings. The van der Waals surface area contributed by atoms with Gasteiger partial charge in [-0.1, -0.05) is 6.42 Å². The minimum absolute atomic E-state index is 0.101. The lowest BCUT2D eigenvalue weighted by Gasteiger charge is -2.25. The number of H-pyrrole nitrogens is 1. The quantitative estimate of drug-likeness (QED) is 0.680. The Morgan fingerprint density at radius 2 is 2.33 bits per heavy atom. The number of nitrogens with zero attached hydrogens (tertiary/aromatic N) is 1. The van der Waals surface area contributed by atoms with Crippen molar-refractivity contribution in [3.8, 4) is 0 Å². The number of nitrogens with one attached hydrogen (secondary N) is 1. The van der Waals surface area contributed by atoms with Gasteiger partial charge in [-0.2, -0.15) is 5.10 Å². The average Bonchev–Trinajstić information content (AvgIpc) is 1.91. The van der Waals surface area contributed by atoms with Crippen molar-refractivity contribution in [3.05, 3.63) is 27.7 Å². The van der Waals surface area contributed by atoms with E-state index in [2.05, 4.69) is 10.2 Å². The van der Waals surface area contributed by atoms with E-state index in [0.29, 0.717) is 5.92 Å². The summed E-state index contributed by atoms with van der Waals surface area (Å²) in [5.74, 6) is 0.599. The normalized spacial score (nSPS) is 17.4. The molecule has 0 amide bonds. The predicted molar refractivity (Wildman–Crippen MR) is 46.2 cm³/mol. The Morgan fingerprint density at radius 3 is 2.83 bits per heavy atom. The molecular weight excluding hydrogens is 152 g/mol. The lowest BCUT2D eigenvalue weighted by Crippen LogP contribution is -2.17. The van der Waals surface area contributed by atoms with Crippen LogP contribution in [0.2, 0.25) is 0 Å². The monoisotopic (exact) mass is 164 g/mol. The first-order chi connectivity index (χ1) is 5.77. The third-order valence-corrected chi connectivity index (χ3v) is 2.53. The Morgan fingerprint density at radius 1 is 1.58 bits per heavy atom. The van der Waals surface area contributed by atoms with Gasteiger partial charge in [0.15, 0.2) is 0 Å². The summed E-state index contributed by atoms with van der Waals surface area (Å²) in [7, 11) is 0. The molecule has 1 aromatic heterocycles. The second-order valence-electron chi connectivity index (χ2n) is 3.43. The van der Waals surface area contributed by atoms with Gasteiger partial charge in [-0.25, -0.2) is 5.10 Å². The summed E-state index contributed by atoms with van der Waals surface area (Å²) in [4.78, 5) is 10.9. The summed E-state index contributed by atoms with van der Waals surface area (Å²) < 4.78 is 0. The summed E-state index contributed by atoms with van der Waals surface area (Å²) in [5, 5.41) is 6.55. The van der Waals surface area contributed by atoms with E-state index in [4.69, 9.17) is 0 Å². The van der Waals surface area contributed by atoms with Gasteiger partial charge in [-0.05, 0) is 25.3 Å². The molecule has 3 heteroatoms. The van der Waals surface area contributed by atoms with Crippen molar-refractivity contribution in [2.24, 2.45) is 0 Å². The van der Waals surface area contributed by atoms with Gasteiger partial charge in [0.05, 0.1) is 5.69 Å². The number of hydrogen-bond acceptors (Lipinski definition) is 2. The summed E-state index contributed by atoms with van der Waals surface area (Å²) >= 11 is 0. The molecule has 64 valence electrons. The van der Waals surface area contributed by atoms with Crippen LogP contribution in [0.25, 0.3) is 0 Å². The highest BCUT2D eigenvalue weighted by atomic mass is 16.1. The van der Waals surface area contributed by atoms with Crippen LogP contribution in [-0.4, -0.2) is 10.2 Å². The average molecular weight is 164 g/mol. The number of aryl methyl sites for hydroxylation is 1. The maximum Gasteiger partial charge on any atom is 0.264 e. The molecule has 1 aliphatic rings. The van der Waals surface area contributed by atoms with Gasteiger partial charge < -0.3 is 0 Å². The molecule has 0 bridgehead atoms. The fourth-order valence-electron chi connectivity index (χ4n) is 1.60. The number of aromatic amines is 1. The molecule has 1 saturated carbocycles. The minimum atomic E-state index is -0.101. The maximum atomic E-state index is 10.9. The molecule has 12 heavy (non-hydrogen) atoms. The summed E-state index contributed by atoms with van der Waals surface area (Å²) in [6.45, 7) is 1.95. The molecule has 0 aromatic carbocycles. The van der Waals surface area contributed by atoms with Gasteiger partial charge in [-0.15, -0.1) is 0 Å². The van der Waals surface area contributed by atoms with E-state index < -0.39 is 0 Å². The largest absolute Gasteiger partial charge is 0.268 e. The topological polar surface area (TPSA) is 45.8 Å². The zero-order chi connectivity index (χ0) is 8.55. The van der Waals surface area contributed by atoms with Crippen LogP contribution in [0.15, 0.2) is 10.9 Å². The van der Waals surface area contributed by atoms with Gasteiger partial charge in [0.25, 0.3) is 5.56 Å². The van der Waals surface area contributed by atoms with Crippen LogP contribution in [-0.2, 0) is 0 Å². The first-order valence-corrected chi connectivity index (χ1v) is 4.33. The summed E-state index contributed by atoms with van der Waals surface area (Å²) in [6.07, 6.45) is 3.74. The SMILES string of the molecule is Cc1cc(=O)[nH]nc1C1CCC1. The molecule has 0 radical (unpaired) electrons. The van der Waals surface area contributed by atoms with Gasteiger partial charge in [0.1, 0.15) is 0 Å². The van der Waals surface area contributed by atoms with Crippen molar-refractivity contribution in [1.29, 1.82) is 0 Å². The molecule has 3 nitrogen and oxygen atoms in total. The van der Waals surface area contributed by atoms with Crippen LogP contribution in [0, 0.1) is 6.92 Å². The van der Waals surface area contributed by atoms with Gasteiger partial charge >= 0.3 is 0 Å². The minimum Gasteiger partial charge on any atom is -0.268 e. The van der Waals surface area contributed by atoms with Crippen molar-refractivity contribution in [1.82, 2.24) is 10.2 Å². The lowest BCUT2D eigenvalue weighted by molar-refractivity contribution is 0.405. The zero-order valence-electron chi connectivity index (χ0n) is 7.13. The molecular formula is C9H12N2O. The van der Waals surface area contributed by atoms with Crippen molar-refractivity contribution in [2.75, 3.05) is 0 Å². The molecule has 0 saturated heterocycles. The highest BCUT2D eigenvalue weighted by Gasteiger charge is 2.22. The first-order valence-electron chi connectivity index (χ1n) is 4.33. The van der Waals surface area contributed by atoms with Gasteiger partial charge in [0, 0.05) is 12.0 Å². The highest BCUT2D eigenvalue weighted by Crippen LogP contribution is 2.35.